The Morgan fingerprint density at radius 3 is 2.23 bits per heavy atom. The summed E-state index contributed by atoms with van der Waals surface area (Å²) in [7, 11) is 0. The summed E-state index contributed by atoms with van der Waals surface area (Å²) in [6, 6.07) is 0. The first-order chi connectivity index (χ1) is 10.4. The van der Waals surface area contributed by atoms with Crippen LogP contribution in [0, 0.1) is 5.41 Å². The fourth-order valence-corrected chi connectivity index (χ4v) is 3.31. The molecule has 2 saturated carbocycles. The Bertz CT molecular complexity index is 401. The molecule has 0 atom stereocenters. The normalized spacial score (nSPS) is 21.8. The topological polar surface area (TPSA) is 52.6 Å². The molecule has 0 aromatic heterocycles. The number of hydrogen-bond acceptors (Lipinski definition) is 4. The molecule has 0 heterocycles. The fraction of sp³-hybridized carbons (Fsp3) is 0.889. The maximum Gasteiger partial charge on any atom is 0.312 e. The molecule has 4 heteroatoms. The smallest absolute Gasteiger partial charge is 0.312 e. The number of ether oxygens (including phenoxy) is 2. The Kier molecular flexibility index (Phi) is 5.51. The molecule has 0 spiro atoms. The van der Waals surface area contributed by atoms with Crippen LogP contribution in [0.1, 0.15) is 85.0 Å². The highest BCUT2D eigenvalue weighted by Crippen LogP contribution is 2.39. The van der Waals surface area contributed by atoms with Crippen LogP contribution in [-0.4, -0.2) is 23.6 Å². The largest absolute Gasteiger partial charge is 0.462 e. The van der Waals surface area contributed by atoms with Crippen LogP contribution < -0.4 is 0 Å². The fourth-order valence-electron chi connectivity index (χ4n) is 3.31. The first-order valence-corrected chi connectivity index (χ1v) is 8.80. The lowest BCUT2D eigenvalue weighted by Gasteiger charge is -2.32. The molecule has 22 heavy (non-hydrogen) atoms. The van der Waals surface area contributed by atoms with E-state index >= 15 is 0 Å². The molecule has 0 saturated heterocycles. The highest BCUT2D eigenvalue weighted by atomic mass is 16.6. The number of carbonyl (C=O) groups excluding carboxylic acids is 2. The molecule has 126 valence electrons. The van der Waals surface area contributed by atoms with Gasteiger partial charge >= 0.3 is 11.9 Å². The third-order valence-corrected chi connectivity index (χ3v) is 5.33. The van der Waals surface area contributed by atoms with E-state index in [1.165, 1.54) is 0 Å². The van der Waals surface area contributed by atoms with Gasteiger partial charge in [0.05, 0.1) is 11.8 Å². The van der Waals surface area contributed by atoms with Gasteiger partial charge in [0, 0.05) is 0 Å². The number of carbonyl (C=O) groups is 2. The summed E-state index contributed by atoms with van der Waals surface area (Å²) >= 11 is 0. The van der Waals surface area contributed by atoms with Crippen LogP contribution in [0.25, 0.3) is 0 Å². The van der Waals surface area contributed by atoms with E-state index in [-0.39, 0.29) is 24.5 Å². The SMILES string of the molecule is CCC(C)(C)C(=O)OC1(CC(=O)OC2CCCC2)CCCC1. The molecule has 2 aliphatic carbocycles. The molecular weight excluding hydrogens is 280 g/mol. The summed E-state index contributed by atoms with van der Waals surface area (Å²) in [5.41, 5.74) is -1.12. The van der Waals surface area contributed by atoms with Crippen molar-refractivity contribution < 1.29 is 19.1 Å². The molecule has 0 aromatic rings. The summed E-state index contributed by atoms with van der Waals surface area (Å²) in [6.45, 7) is 5.78. The van der Waals surface area contributed by atoms with Crippen LogP contribution in [0.3, 0.4) is 0 Å². The first kappa shape index (κ1) is 17.3. The highest BCUT2D eigenvalue weighted by Gasteiger charge is 2.43. The number of hydrogen-bond donors (Lipinski definition) is 0. The minimum atomic E-state index is -0.626. The highest BCUT2D eigenvalue weighted by molar-refractivity contribution is 5.77. The summed E-state index contributed by atoms with van der Waals surface area (Å²) < 4.78 is 11.4. The van der Waals surface area contributed by atoms with E-state index in [1.54, 1.807) is 0 Å². The van der Waals surface area contributed by atoms with Crippen LogP contribution >= 0.6 is 0 Å². The molecule has 0 aromatic carbocycles. The Labute approximate surface area is 133 Å². The van der Waals surface area contributed by atoms with Gasteiger partial charge in [0.25, 0.3) is 0 Å². The van der Waals surface area contributed by atoms with Gasteiger partial charge in [0.1, 0.15) is 11.7 Å². The predicted molar refractivity (Wildman–Crippen MR) is 84.3 cm³/mol. The Morgan fingerprint density at radius 2 is 1.68 bits per heavy atom. The molecule has 0 aliphatic heterocycles. The van der Waals surface area contributed by atoms with Crippen molar-refractivity contribution in [1.82, 2.24) is 0 Å². The second-order valence-electron chi connectivity index (χ2n) is 7.59. The van der Waals surface area contributed by atoms with Gasteiger partial charge in [0.2, 0.25) is 0 Å². The molecule has 0 amide bonds. The molecule has 0 N–H and O–H groups in total. The van der Waals surface area contributed by atoms with Crippen LogP contribution in [0.5, 0.6) is 0 Å². The van der Waals surface area contributed by atoms with Crippen LogP contribution in [0.15, 0.2) is 0 Å². The van der Waals surface area contributed by atoms with Crippen LogP contribution in [-0.2, 0) is 19.1 Å². The third-order valence-electron chi connectivity index (χ3n) is 5.33. The first-order valence-electron chi connectivity index (χ1n) is 8.80. The summed E-state index contributed by atoms with van der Waals surface area (Å²) in [4.78, 5) is 24.7. The second-order valence-corrected chi connectivity index (χ2v) is 7.59. The van der Waals surface area contributed by atoms with E-state index in [0.717, 1.165) is 57.8 Å². The molecule has 2 rings (SSSR count). The lowest BCUT2D eigenvalue weighted by molar-refractivity contribution is -0.176. The van der Waals surface area contributed by atoms with Crippen molar-refractivity contribution in [2.45, 2.75) is 96.7 Å². The van der Waals surface area contributed by atoms with Crippen molar-refractivity contribution in [2.75, 3.05) is 0 Å². The summed E-state index contributed by atoms with van der Waals surface area (Å²) in [5.74, 6) is -0.388. The van der Waals surface area contributed by atoms with E-state index in [2.05, 4.69) is 0 Å². The second kappa shape index (κ2) is 7.01. The maximum absolute atomic E-state index is 12.4. The van der Waals surface area contributed by atoms with Gasteiger partial charge in [-0.3, -0.25) is 9.59 Å². The zero-order valence-corrected chi connectivity index (χ0v) is 14.3. The lowest BCUT2D eigenvalue weighted by Crippen LogP contribution is -2.40. The zero-order valence-electron chi connectivity index (χ0n) is 14.3. The standard InChI is InChI=1S/C18H30O4/c1-4-17(2,3)16(20)22-18(11-7-8-12-18)13-15(19)21-14-9-5-6-10-14/h14H,4-13H2,1-3H3. The monoisotopic (exact) mass is 310 g/mol. The van der Waals surface area contributed by atoms with Crippen molar-refractivity contribution in [3.8, 4) is 0 Å². The van der Waals surface area contributed by atoms with Crippen LogP contribution in [0.2, 0.25) is 0 Å². The van der Waals surface area contributed by atoms with Gasteiger partial charge in [-0.2, -0.15) is 0 Å². The maximum atomic E-state index is 12.4. The van der Waals surface area contributed by atoms with Gasteiger partial charge in [-0.15, -0.1) is 0 Å². The van der Waals surface area contributed by atoms with E-state index in [0.29, 0.717) is 0 Å². The third kappa shape index (κ3) is 4.23. The Hall–Kier alpha value is -1.06. The van der Waals surface area contributed by atoms with Crippen molar-refractivity contribution in [3.63, 3.8) is 0 Å². The lowest BCUT2D eigenvalue weighted by atomic mass is 9.89. The van der Waals surface area contributed by atoms with Crippen molar-refractivity contribution >= 4 is 11.9 Å². The van der Waals surface area contributed by atoms with Crippen molar-refractivity contribution in [2.24, 2.45) is 5.41 Å². The molecule has 0 radical (unpaired) electrons. The average Bonchev–Trinajstić information content (AvgIpc) is 3.11. The van der Waals surface area contributed by atoms with E-state index in [9.17, 15) is 9.59 Å². The number of rotatable bonds is 6. The van der Waals surface area contributed by atoms with Crippen molar-refractivity contribution in [1.29, 1.82) is 0 Å². The van der Waals surface area contributed by atoms with Gasteiger partial charge < -0.3 is 9.47 Å². The average molecular weight is 310 g/mol. The van der Waals surface area contributed by atoms with Crippen LogP contribution in [0.4, 0.5) is 0 Å². The quantitative estimate of drug-likeness (QED) is 0.691. The molecule has 2 aliphatic rings. The minimum absolute atomic E-state index is 0.0775. The zero-order chi connectivity index (χ0) is 16.2. The summed E-state index contributed by atoms with van der Waals surface area (Å²) in [5, 5.41) is 0. The Morgan fingerprint density at radius 1 is 1.09 bits per heavy atom. The van der Waals surface area contributed by atoms with Gasteiger partial charge in [-0.25, -0.2) is 0 Å². The van der Waals surface area contributed by atoms with E-state index in [1.807, 2.05) is 20.8 Å². The summed E-state index contributed by atoms with van der Waals surface area (Å²) in [6.07, 6.45) is 8.83. The Balaban J connectivity index is 1.95. The van der Waals surface area contributed by atoms with E-state index < -0.39 is 11.0 Å². The molecule has 4 nitrogen and oxygen atoms in total. The molecular formula is C18H30O4. The number of esters is 2. The predicted octanol–water partition coefficient (Wildman–Crippen LogP) is 4.15. The van der Waals surface area contributed by atoms with Gasteiger partial charge in [-0.05, 0) is 71.6 Å². The van der Waals surface area contributed by atoms with Gasteiger partial charge in [0.15, 0.2) is 0 Å². The van der Waals surface area contributed by atoms with Gasteiger partial charge in [-0.1, -0.05) is 6.92 Å². The van der Waals surface area contributed by atoms with Crippen molar-refractivity contribution in [3.05, 3.63) is 0 Å². The molecule has 0 bridgehead atoms. The molecule has 2 fully saturated rings. The minimum Gasteiger partial charge on any atom is -0.462 e. The molecule has 0 unspecified atom stereocenters. The van der Waals surface area contributed by atoms with E-state index in [4.69, 9.17) is 9.47 Å².